The van der Waals surface area contributed by atoms with Gasteiger partial charge >= 0.3 is 0 Å². The molecule has 0 spiro atoms. The van der Waals surface area contributed by atoms with Gasteiger partial charge in [-0.3, -0.25) is 0 Å². The standard InChI is InChI=1S/C19H20N2O4/c1-14-7-3-4-8-15(14)13-24-17-10-6-5-9-16(17)18(20-22-2)19-21-25-12-11-23-19/h3-10H,11-13H2,1-2H3/b20-18-. The number of para-hydroxylation sites is 1. The van der Waals surface area contributed by atoms with Crippen LogP contribution in [0.5, 0.6) is 5.75 Å². The second-order valence-corrected chi connectivity index (χ2v) is 5.41. The summed E-state index contributed by atoms with van der Waals surface area (Å²) in [5.41, 5.74) is 3.46. The van der Waals surface area contributed by atoms with Crippen molar-refractivity contribution in [3.05, 3.63) is 65.2 Å². The highest BCUT2D eigenvalue weighted by molar-refractivity contribution is 6.45. The van der Waals surface area contributed by atoms with E-state index in [4.69, 9.17) is 19.1 Å². The SMILES string of the molecule is CO/N=C(\C1=NOCCO1)c1ccccc1OCc1ccccc1C. The molecule has 0 bridgehead atoms. The maximum absolute atomic E-state index is 6.03. The number of oxime groups is 2. The summed E-state index contributed by atoms with van der Waals surface area (Å²) in [5.74, 6) is 0.943. The van der Waals surface area contributed by atoms with Crippen LogP contribution in [0.25, 0.3) is 0 Å². The lowest BCUT2D eigenvalue weighted by atomic mass is 10.1. The summed E-state index contributed by atoms with van der Waals surface area (Å²) in [7, 11) is 1.47. The highest BCUT2D eigenvalue weighted by atomic mass is 16.7. The predicted molar refractivity (Wildman–Crippen MR) is 94.8 cm³/mol. The number of hydrogen-bond donors (Lipinski definition) is 0. The van der Waals surface area contributed by atoms with Crippen LogP contribution in [0.15, 0.2) is 58.8 Å². The van der Waals surface area contributed by atoms with Crippen LogP contribution in [0.4, 0.5) is 0 Å². The monoisotopic (exact) mass is 340 g/mol. The summed E-state index contributed by atoms with van der Waals surface area (Å²) in [6.07, 6.45) is 0. The molecule has 1 aliphatic rings. The fraction of sp³-hybridized carbons (Fsp3) is 0.263. The van der Waals surface area contributed by atoms with E-state index in [1.165, 1.54) is 12.7 Å². The van der Waals surface area contributed by atoms with E-state index < -0.39 is 0 Å². The Morgan fingerprint density at radius 1 is 1.12 bits per heavy atom. The zero-order valence-corrected chi connectivity index (χ0v) is 14.3. The fourth-order valence-corrected chi connectivity index (χ4v) is 2.43. The second-order valence-electron chi connectivity index (χ2n) is 5.41. The summed E-state index contributed by atoms with van der Waals surface area (Å²) >= 11 is 0. The molecule has 6 heteroatoms. The maximum atomic E-state index is 6.03. The number of ether oxygens (including phenoxy) is 2. The number of nitrogens with zero attached hydrogens (tertiary/aromatic N) is 2. The van der Waals surface area contributed by atoms with Crippen LogP contribution in [0, 0.1) is 6.92 Å². The van der Waals surface area contributed by atoms with E-state index in [0.29, 0.717) is 31.3 Å². The van der Waals surface area contributed by atoms with E-state index in [1.807, 2.05) is 42.5 Å². The molecule has 0 atom stereocenters. The minimum absolute atomic E-state index is 0.278. The second kappa shape index (κ2) is 8.19. The van der Waals surface area contributed by atoms with Crippen LogP contribution < -0.4 is 4.74 Å². The molecule has 0 radical (unpaired) electrons. The Kier molecular flexibility index (Phi) is 5.51. The topological polar surface area (TPSA) is 61.6 Å². The molecular weight excluding hydrogens is 320 g/mol. The highest BCUT2D eigenvalue weighted by Crippen LogP contribution is 2.22. The van der Waals surface area contributed by atoms with Gasteiger partial charge in [0.2, 0.25) is 0 Å². The van der Waals surface area contributed by atoms with Crippen molar-refractivity contribution in [1.29, 1.82) is 0 Å². The van der Waals surface area contributed by atoms with Crippen molar-refractivity contribution in [2.45, 2.75) is 13.5 Å². The molecule has 3 rings (SSSR count). The van der Waals surface area contributed by atoms with E-state index in [9.17, 15) is 0 Å². The first-order chi connectivity index (χ1) is 12.3. The fourth-order valence-electron chi connectivity index (χ4n) is 2.43. The third-order valence-electron chi connectivity index (χ3n) is 3.73. The summed E-state index contributed by atoms with van der Waals surface area (Å²) in [6.45, 7) is 3.33. The van der Waals surface area contributed by atoms with Crippen molar-refractivity contribution < 1.29 is 19.1 Å². The largest absolute Gasteiger partial charge is 0.488 e. The molecule has 0 N–H and O–H groups in total. The van der Waals surface area contributed by atoms with E-state index in [1.54, 1.807) is 0 Å². The summed E-state index contributed by atoms with van der Waals surface area (Å²) < 4.78 is 11.6. The van der Waals surface area contributed by atoms with Gasteiger partial charge in [0, 0.05) is 0 Å². The molecule has 130 valence electrons. The lowest BCUT2D eigenvalue weighted by molar-refractivity contribution is 0.0672. The average Bonchev–Trinajstić information content (AvgIpc) is 2.66. The Morgan fingerprint density at radius 2 is 1.92 bits per heavy atom. The third-order valence-corrected chi connectivity index (χ3v) is 3.73. The Hall–Kier alpha value is -3.02. The van der Waals surface area contributed by atoms with Crippen LogP contribution >= 0.6 is 0 Å². The maximum Gasteiger partial charge on any atom is 0.280 e. The van der Waals surface area contributed by atoms with Gasteiger partial charge in [-0.1, -0.05) is 41.6 Å². The third kappa shape index (κ3) is 4.09. The normalized spacial score (nSPS) is 14.2. The molecule has 0 amide bonds. The van der Waals surface area contributed by atoms with E-state index >= 15 is 0 Å². The summed E-state index contributed by atoms with van der Waals surface area (Å²) in [5, 5.41) is 7.98. The van der Waals surface area contributed by atoms with Crippen molar-refractivity contribution in [2.24, 2.45) is 10.3 Å². The van der Waals surface area contributed by atoms with Crippen LogP contribution in [-0.2, 0) is 21.0 Å². The lowest BCUT2D eigenvalue weighted by Crippen LogP contribution is -2.26. The van der Waals surface area contributed by atoms with Gasteiger partial charge in [0.15, 0.2) is 12.3 Å². The number of hydrogen-bond acceptors (Lipinski definition) is 6. The molecule has 0 saturated carbocycles. The quantitative estimate of drug-likeness (QED) is 0.598. The molecule has 0 saturated heterocycles. The smallest absolute Gasteiger partial charge is 0.280 e. The van der Waals surface area contributed by atoms with Crippen molar-refractivity contribution in [3.8, 4) is 5.75 Å². The molecule has 2 aromatic rings. The molecule has 1 heterocycles. The Bertz CT molecular complexity index is 786. The van der Waals surface area contributed by atoms with Crippen LogP contribution in [0.2, 0.25) is 0 Å². The minimum atomic E-state index is 0.278. The van der Waals surface area contributed by atoms with Crippen LogP contribution in [0.1, 0.15) is 16.7 Å². The minimum Gasteiger partial charge on any atom is -0.488 e. The van der Waals surface area contributed by atoms with Crippen LogP contribution in [0.3, 0.4) is 0 Å². The predicted octanol–water partition coefficient (Wildman–Crippen LogP) is 3.28. The molecular formula is C19H20N2O4. The first-order valence-corrected chi connectivity index (χ1v) is 8.00. The van der Waals surface area contributed by atoms with Gasteiger partial charge in [-0.2, -0.15) is 0 Å². The number of aryl methyl sites for hydroxylation is 1. The zero-order valence-electron chi connectivity index (χ0n) is 14.3. The summed E-state index contributed by atoms with van der Waals surface area (Å²) in [4.78, 5) is 10.1. The van der Waals surface area contributed by atoms with Crippen molar-refractivity contribution in [1.82, 2.24) is 0 Å². The first-order valence-electron chi connectivity index (χ1n) is 8.00. The van der Waals surface area contributed by atoms with Gasteiger partial charge in [-0.25, -0.2) is 0 Å². The molecule has 6 nitrogen and oxygen atoms in total. The number of rotatable bonds is 6. The average molecular weight is 340 g/mol. The van der Waals surface area contributed by atoms with Crippen molar-refractivity contribution in [3.63, 3.8) is 0 Å². The Morgan fingerprint density at radius 3 is 2.68 bits per heavy atom. The molecule has 0 aliphatic carbocycles. The zero-order chi connectivity index (χ0) is 17.5. The van der Waals surface area contributed by atoms with Gasteiger partial charge in [-0.15, -0.1) is 0 Å². The Labute approximate surface area is 146 Å². The number of benzene rings is 2. The highest BCUT2D eigenvalue weighted by Gasteiger charge is 2.22. The molecule has 0 fully saturated rings. The molecule has 0 aromatic heterocycles. The van der Waals surface area contributed by atoms with Gasteiger partial charge < -0.3 is 19.1 Å². The summed E-state index contributed by atoms with van der Waals surface area (Å²) in [6, 6.07) is 15.7. The van der Waals surface area contributed by atoms with Gasteiger partial charge in [0.05, 0.1) is 5.56 Å². The van der Waals surface area contributed by atoms with E-state index in [-0.39, 0.29) is 5.90 Å². The van der Waals surface area contributed by atoms with E-state index in [0.717, 1.165) is 11.1 Å². The van der Waals surface area contributed by atoms with Gasteiger partial charge in [0.1, 0.15) is 26.1 Å². The molecule has 2 aromatic carbocycles. The van der Waals surface area contributed by atoms with Crippen molar-refractivity contribution in [2.75, 3.05) is 20.3 Å². The first kappa shape index (κ1) is 16.8. The molecule has 1 aliphatic heterocycles. The lowest BCUT2D eigenvalue weighted by Gasteiger charge is -2.17. The molecule has 25 heavy (non-hydrogen) atoms. The van der Waals surface area contributed by atoms with Gasteiger partial charge in [0.25, 0.3) is 5.90 Å². The van der Waals surface area contributed by atoms with Crippen LogP contribution in [-0.4, -0.2) is 31.9 Å². The van der Waals surface area contributed by atoms with Crippen molar-refractivity contribution >= 4 is 11.6 Å². The molecule has 0 unspecified atom stereocenters. The van der Waals surface area contributed by atoms with E-state index in [2.05, 4.69) is 23.3 Å². The Balaban J connectivity index is 1.87. The van der Waals surface area contributed by atoms with Gasteiger partial charge in [-0.05, 0) is 35.3 Å².